The van der Waals surface area contributed by atoms with Gasteiger partial charge in [0.05, 0.1) is 21.7 Å². The molecule has 0 saturated carbocycles. The van der Waals surface area contributed by atoms with Gasteiger partial charge in [-0.3, -0.25) is 4.72 Å². The summed E-state index contributed by atoms with van der Waals surface area (Å²) in [7, 11) is -2.16. The maximum Gasteiger partial charge on any atom is 0.319 e. The van der Waals surface area contributed by atoms with E-state index in [-0.39, 0.29) is 16.1 Å². The Morgan fingerprint density at radius 3 is 2.64 bits per heavy atom. The average Bonchev–Trinajstić information content (AvgIpc) is 3.03. The standard InChI is InChI=1S/C18H20N4O4S2/c1-12-3-6-14(7-4-12)28(24,25)22-18-21-15-8-5-13(11-16(15)27-18)20-17(23)19-9-10-26-2/h3-8,11H,9-10H2,1-2H3,(H,21,22)(H2,19,20,23). The highest BCUT2D eigenvalue weighted by Gasteiger charge is 2.16. The lowest BCUT2D eigenvalue weighted by molar-refractivity contribution is 0.198. The lowest BCUT2D eigenvalue weighted by Crippen LogP contribution is -2.31. The number of nitrogens with zero attached hydrogens (tertiary/aromatic N) is 1. The van der Waals surface area contributed by atoms with Gasteiger partial charge in [0.25, 0.3) is 10.0 Å². The number of ether oxygens (including phenoxy) is 1. The number of hydrogen-bond acceptors (Lipinski definition) is 6. The summed E-state index contributed by atoms with van der Waals surface area (Å²) < 4.78 is 33.1. The molecule has 0 fully saturated rings. The number of carbonyl (C=O) groups is 1. The van der Waals surface area contributed by atoms with Crippen molar-refractivity contribution in [3.8, 4) is 0 Å². The van der Waals surface area contributed by atoms with Gasteiger partial charge in [-0.05, 0) is 37.3 Å². The van der Waals surface area contributed by atoms with Crippen molar-refractivity contribution in [2.75, 3.05) is 30.3 Å². The Bertz CT molecular complexity index is 1080. The molecule has 8 nitrogen and oxygen atoms in total. The Hall–Kier alpha value is -2.69. The maximum atomic E-state index is 12.5. The average molecular weight is 421 g/mol. The van der Waals surface area contributed by atoms with Crippen LogP contribution in [-0.4, -0.2) is 39.7 Å². The zero-order valence-corrected chi connectivity index (χ0v) is 17.0. The zero-order chi connectivity index (χ0) is 20.1. The van der Waals surface area contributed by atoms with Crippen molar-refractivity contribution in [1.82, 2.24) is 10.3 Å². The monoisotopic (exact) mass is 420 g/mol. The van der Waals surface area contributed by atoms with Crippen molar-refractivity contribution in [2.45, 2.75) is 11.8 Å². The molecule has 1 aromatic heterocycles. The molecule has 2 amide bonds. The van der Waals surface area contributed by atoms with Crippen LogP contribution >= 0.6 is 11.3 Å². The number of nitrogens with one attached hydrogen (secondary N) is 3. The summed E-state index contributed by atoms with van der Waals surface area (Å²) in [5.74, 6) is 0. The quantitative estimate of drug-likeness (QED) is 0.509. The van der Waals surface area contributed by atoms with Gasteiger partial charge in [0, 0.05) is 19.3 Å². The topological polar surface area (TPSA) is 109 Å². The van der Waals surface area contributed by atoms with E-state index in [0.717, 1.165) is 10.3 Å². The van der Waals surface area contributed by atoms with Crippen molar-refractivity contribution >= 4 is 48.4 Å². The van der Waals surface area contributed by atoms with Crippen LogP contribution < -0.4 is 15.4 Å². The fraction of sp³-hybridized carbons (Fsp3) is 0.222. The second kappa shape index (κ2) is 8.55. The summed E-state index contributed by atoms with van der Waals surface area (Å²) in [6.07, 6.45) is 0. The highest BCUT2D eigenvalue weighted by Crippen LogP contribution is 2.29. The number of methoxy groups -OCH3 is 1. The summed E-state index contributed by atoms with van der Waals surface area (Å²) in [6, 6.07) is 11.4. The van der Waals surface area contributed by atoms with Crippen LogP contribution in [0.4, 0.5) is 15.6 Å². The molecular weight excluding hydrogens is 400 g/mol. The Kier molecular flexibility index (Phi) is 6.12. The number of thiazole rings is 1. The molecule has 0 saturated heterocycles. The fourth-order valence-electron chi connectivity index (χ4n) is 2.38. The molecule has 3 rings (SSSR count). The minimum Gasteiger partial charge on any atom is -0.383 e. The molecule has 0 unspecified atom stereocenters. The first-order valence-corrected chi connectivity index (χ1v) is 10.7. The Morgan fingerprint density at radius 2 is 1.93 bits per heavy atom. The molecule has 2 aromatic carbocycles. The number of sulfonamides is 1. The van der Waals surface area contributed by atoms with Crippen LogP contribution in [0.1, 0.15) is 5.56 Å². The number of rotatable bonds is 7. The number of carbonyl (C=O) groups excluding carboxylic acids is 1. The summed E-state index contributed by atoms with van der Waals surface area (Å²) in [6.45, 7) is 2.71. The van der Waals surface area contributed by atoms with Gasteiger partial charge < -0.3 is 15.4 Å². The number of aryl methyl sites for hydroxylation is 1. The van der Waals surface area contributed by atoms with Gasteiger partial charge in [0.1, 0.15) is 0 Å². The lowest BCUT2D eigenvalue weighted by Gasteiger charge is -2.06. The van der Waals surface area contributed by atoms with Crippen molar-refractivity contribution in [2.24, 2.45) is 0 Å². The highest BCUT2D eigenvalue weighted by molar-refractivity contribution is 7.93. The molecule has 148 valence electrons. The molecule has 10 heteroatoms. The van der Waals surface area contributed by atoms with Crippen molar-refractivity contribution < 1.29 is 17.9 Å². The molecule has 0 radical (unpaired) electrons. The predicted molar refractivity (Wildman–Crippen MR) is 111 cm³/mol. The predicted octanol–water partition coefficient (Wildman–Crippen LogP) is 3.17. The van der Waals surface area contributed by atoms with E-state index in [4.69, 9.17) is 4.74 Å². The van der Waals surface area contributed by atoms with Crippen LogP contribution in [-0.2, 0) is 14.8 Å². The fourth-order valence-corrected chi connectivity index (χ4v) is 4.52. The van der Waals surface area contributed by atoms with E-state index in [1.54, 1.807) is 49.6 Å². The minimum atomic E-state index is -3.71. The van der Waals surface area contributed by atoms with Gasteiger partial charge in [-0.25, -0.2) is 18.2 Å². The number of urea groups is 1. The van der Waals surface area contributed by atoms with Crippen molar-refractivity contribution in [3.63, 3.8) is 0 Å². The molecule has 0 aliphatic rings. The van der Waals surface area contributed by atoms with Gasteiger partial charge in [0.15, 0.2) is 5.13 Å². The van der Waals surface area contributed by atoms with E-state index in [1.807, 2.05) is 6.92 Å². The minimum absolute atomic E-state index is 0.174. The van der Waals surface area contributed by atoms with E-state index in [1.165, 1.54) is 11.3 Å². The molecule has 0 bridgehead atoms. The second-order valence-corrected chi connectivity index (χ2v) is 8.71. The second-order valence-electron chi connectivity index (χ2n) is 5.99. The zero-order valence-electron chi connectivity index (χ0n) is 15.4. The summed E-state index contributed by atoms with van der Waals surface area (Å²) in [4.78, 5) is 16.3. The van der Waals surface area contributed by atoms with Crippen LogP contribution in [0.15, 0.2) is 47.4 Å². The molecule has 0 aliphatic heterocycles. The summed E-state index contributed by atoms with van der Waals surface area (Å²) in [5, 5.41) is 5.64. The van der Waals surface area contributed by atoms with Gasteiger partial charge in [0.2, 0.25) is 0 Å². The third-order valence-electron chi connectivity index (χ3n) is 3.79. The molecule has 0 spiro atoms. The molecule has 1 heterocycles. The van der Waals surface area contributed by atoms with Crippen LogP contribution in [0.5, 0.6) is 0 Å². The molecule has 3 aromatic rings. The van der Waals surface area contributed by atoms with Crippen LogP contribution in [0.3, 0.4) is 0 Å². The number of hydrogen-bond donors (Lipinski definition) is 3. The SMILES string of the molecule is COCCNC(=O)Nc1ccc2nc(NS(=O)(=O)c3ccc(C)cc3)sc2c1. The van der Waals surface area contributed by atoms with E-state index >= 15 is 0 Å². The van der Waals surface area contributed by atoms with Crippen molar-refractivity contribution in [3.05, 3.63) is 48.0 Å². The van der Waals surface area contributed by atoms with Gasteiger partial charge >= 0.3 is 6.03 Å². The third kappa shape index (κ3) is 4.97. The van der Waals surface area contributed by atoms with E-state index < -0.39 is 10.0 Å². The number of anilines is 2. The molecule has 28 heavy (non-hydrogen) atoms. The van der Waals surface area contributed by atoms with Crippen LogP contribution in [0, 0.1) is 6.92 Å². The molecule has 3 N–H and O–H groups in total. The smallest absolute Gasteiger partial charge is 0.319 e. The number of benzene rings is 2. The first-order chi connectivity index (χ1) is 13.4. The van der Waals surface area contributed by atoms with Crippen LogP contribution in [0.2, 0.25) is 0 Å². The third-order valence-corrected chi connectivity index (χ3v) is 6.21. The van der Waals surface area contributed by atoms with E-state index in [2.05, 4.69) is 20.3 Å². The maximum absolute atomic E-state index is 12.5. The lowest BCUT2D eigenvalue weighted by atomic mass is 10.2. The first kappa shape index (κ1) is 20.1. The summed E-state index contributed by atoms with van der Waals surface area (Å²) >= 11 is 1.19. The van der Waals surface area contributed by atoms with E-state index in [9.17, 15) is 13.2 Å². The Labute approximate surface area is 167 Å². The van der Waals surface area contributed by atoms with Gasteiger partial charge in [-0.15, -0.1) is 0 Å². The molecular formula is C18H20N4O4S2. The normalized spacial score (nSPS) is 11.4. The highest BCUT2D eigenvalue weighted by atomic mass is 32.2. The number of aromatic nitrogens is 1. The summed E-state index contributed by atoms with van der Waals surface area (Å²) in [5.41, 5.74) is 2.20. The van der Waals surface area contributed by atoms with Gasteiger partial charge in [-0.1, -0.05) is 29.0 Å². The largest absolute Gasteiger partial charge is 0.383 e. The van der Waals surface area contributed by atoms with E-state index in [0.29, 0.717) is 24.4 Å². The molecule has 0 aliphatic carbocycles. The molecule has 0 atom stereocenters. The Morgan fingerprint density at radius 1 is 1.18 bits per heavy atom. The van der Waals surface area contributed by atoms with Crippen LogP contribution in [0.25, 0.3) is 10.2 Å². The van der Waals surface area contributed by atoms with Crippen molar-refractivity contribution in [1.29, 1.82) is 0 Å². The first-order valence-electron chi connectivity index (χ1n) is 8.41. The Balaban J connectivity index is 1.73. The number of amides is 2. The van der Waals surface area contributed by atoms with Gasteiger partial charge in [-0.2, -0.15) is 0 Å². The number of fused-ring (bicyclic) bond motifs is 1.